The fraction of sp³-hybridized carbons (Fsp3) is 0.375. The predicted octanol–water partition coefficient (Wildman–Crippen LogP) is 1.44. The molecule has 1 aromatic heterocycles. The van der Waals surface area contributed by atoms with Crippen LogP contribution in [0.4, 0.5) is 10.5 Å². The van der Waals surface area contributed by atoms with Crippen molar-refractivity contribution >= 4 is 21.6 Å². The van der Waals surface area contributed by atoms with Crippen molar-refractivity contribution < 1.29 is 13.2 Å². The number of rotatable bonds is 2. The topological polar surface area (TPSA) is 84.3 Å². The number of urea groups is 1. The Morgan fingerprint density at radius 3 is 2.50 bits per heavy atom. The van der Waals surface area contributed by atoms with Crippen molar-refractivity contribution in [2.24, 2.45) is 5.41 Å². The van der Waals surface area contributed by atoms with E-state index in [4.69, 9.17) is 0 Å². The van der Waals surface area contributed by atoms with E-state index in [1.165, 1.54) is 0 Å². The molecule has 8 heteroatoms. The van der Waals surface area contributed by atoms with Gasteiger partial charge in [-0.3, -0.25) is 0 Å². The monoisotopic (exact) mass is 346 g/mol. The van der Waals surface area contributed by atoms with Crippen molar-refractivity contribution in [2.75, 3.05) is 29.9 Å². The molecule has 1 N–H and O–H groups in total. The van der Waals surface area contributed by atoms with Crippen LogP contribution in [-0.2, 0) is 9.84 Å². The molecular weight excluding hydrogens is 328 g/mol. The van der Waals surface area contributed by atoms with Gasteiger partial charge in [-0.05, 0) is 19.1 Å². The van der Waals surface area contributed by atoms with Crippen molar-refractivity contribution in [3.05, 3.63) is 42.2 Å². The van der Waals surface area contributed by atoms with Crippen molar-refractivity contribution in [1.29, 1.82) is 0 Å². The van der Waals surface area contributed by atoms with Crippen LogP contribution in [0.25, 0.3) is 5.69 Å². The zero-order chi connectivity index (χ0) is 16.9. The zero-order valence-electron chi connectivity index (χ0n) is 13.3. The number of nitrogens with one attached hydrogen (secondary N) is 1. The normalized spacial score (nSPS) is 20.3. The zero-order valence-corrected chi connectivity index (χ0v) is 14.1. The van der Waals surface area contributed by atoms with Crippen molar-refractivity contribution in [1.82, 2.24) is 14.7 Å². The highest BCUT2D eigenvalue weighted by Crippen LogP contribution is 2.41. The molecule has 0 atom stereocenters. The number of carbonyl (C=O) groups is 1. The first kappa shape index (κ1) is 15.2. The lowest BCUT2D eigenvalue weighted by Crippen LogP contribution is -2.69. The summed E-state index contributed by atoms with van der Waals surface area (Å²) in [7, 11) is -2.86. The number of likely N-dealkylation sites (tertiary alicyclic amines) is 1. The molecule has 126 valence electrons. The van der Waals surface area contributed by atoms with Crippen molar-refractivity contribution in [2.45, 2.75) is 6.92 Å². The van der Waals surface area contributed by atoms with Crippen LogP contribution in [0.2, 0.25) is 0 Å². The number of amides is 2. The molecule has 1 spiro atoms. The molecule has 0 bridgehead atoms. The molecule has 0 saturated carbocycles. The summed E-state index contributed by atoms with van der Waals surface area (Å²) in [6, 6.07) is 9.48. The number of nitrogens with zero attached hydrogens (tertiary/aromatic N) is 3. The quantitative estimate of drug-likeness (QED) is 0.892. The predicted molar refractivity (Wildman–Crippen MR) is 90.0 cm³/mol. The molecular formula is C16H18N4O3S. The Morgan fingerprint density at radius 2 is 1.88 bits per heavy atom. The highest BCUT2D eigenvalue weighted by Gasteiger charge is 2.57. The maximum atomic E-state index is 12.3. The maximum Gasteiger partial charge on any atom is 0.321 e. The summed E-state index contributed by atoms with van der Waals surface area (Å²) in [5.74, 6) is 0.406. The smallest absolute Gasteiger partial charge is 0.321 e. The average molecular weight is 346 g/mol. The number of carbonyl (C=O) groups excluding carboxylic acids is 1. The van der Waals surface area contributed by atoms with E-state index in [9.17, 15) is 13.2 Å². The first-order chi connectivity index (χ1) is 11.4. The molecule has 7 nitrogen and oxygen atoms in total. The SMILES string of the molecule is Cc1c(NC(=O)N2CC3(C2)CS(=O)(=O)C3)cnn1-c1ccccc1. The van der Waals surface area contributed by atoms with E-state index in [1.54, 1.807) is 15.8 Å². The van der Waals surface area contributed by atoms with Crippen LogP contribution in [0.5, 0.6) is 0 Å². The van der Waals surface area contributed by atoms with E-state index < -0.39 is 9.84 Å². The van der Waals surface area contributed by atoms with E-state index in [2.05, 4.69) is 10.4 Å². The summed E-state index contributed by atoms with van der Waals surface area (Å²) in [4.78, 5) is 14.0. The first-order valence-corrected chi connectivity index (χ1v) is 9.56. The number of para-hydroxylation sites is 1. The van der Waals surface area contributed by atoms with Gasteiger partial charge in [-0.2, -0.15) is 5.10 Å². The number of anilines is 1. The van der Waals surface area contributed by atoms with Gasteiger partial charge in [0.1, 0.15) is 0 Å². The molecule has 2 fully saturated rings. The molecule has 0 aliphatic carbocycles. The van der Waals surface area contributed by atoms with Gasteiger partial charge in [0, 0.05) is 18.5 Å². The van der Waals surface area contributed by atoms with E-state index in [0.717, 1.165) is 11.4 Å². The Bertz CT molecular complexity index is 885. The van der Waals surface area contributed by atoms with Gasteiger partial charge in [-0.25, -0.2) is 17.9 Å². The van der Waals surface area contributed by atoms with Crippen LogP contribution in [0.3, 0.4) is 0 Å². The highest BCUT2D eigenvalue weighted by molar-refractivity contribution is 7.92. The summed E-state index contributed by atoms with van der Waals surface area (Å²) >= 11 is 0. The second-order valence-electron chi connectivity index (χ2n) is 6.71. The maximum absolute atomic E-state index is 12.3. The van der Waals surface area contributed by atoms with Gasteiger partial charge in [-0.15, -0.1) is 0 Å². The lowest BCUT2D eigenvalue weighted by molar-refractivity contribution is 0.0618. The Kier molecular flexibility index (Phi) is 3.21. The summed E-state index contributed by atoms with van der Waals surface area (Å²) in [6.45, 7) is 2.90. The minimum absolute atomic E-state index is 0.195. The van der Waals surface area contributed by atoms with Gasteiger partial charge in [0.2, 0.25) is 0 Å². The van der Waals surface area contributed by atoms with Gasteiger partial charge < -0.3 is 10.2 Å². The van der Waals surface area contributed by atoms with Crippen molar-refractivity contribution in [3.63, 3.8) is 0 Å². The standard InChI is InChI=1S/C16H18N4O3S/c1-12-14(7-17-20(12)13-5-3-2-4-6-13)18-15(21)19-8-16(9-19)10-24(22,23)11-16/h2-7H,8-11H2,1H3,(H,18,21). The molecule has 1 aromatic carbocycles. The lowest BCUT2D eigenvalue weighted by Gasteiger charge is -2.54. The Balaban J connectivity index is 1.42. The third-order valence-corrected chi connectivity index (χ3v) is 6.75. The van der Waals surface area contributed by atoms with Gasteiger partial charge in [0.15, 0.2) is 9.84 Å². The lowest BCUT2D eigenvalue weighted by atomic mass is 9.83. The second kappa shape index (κ2) is 5.07. The van der Waals surface area contributed by atoms with Crippen LogP contribution < -0.4 is 5.32 Å². The molecule has 2 aromatic rings. The van der Waals surface area contributed by atoms with Crippen molar-refractivity contribution in [3.8, 4) is 5.69 Å². The minimum atomic E-state index is -2.86. The van der Waals surface area contributed by atoms with Gasteiger partial charge in [0.25, 0.3) is 0 Å². The van der Waals surface area contributed by atoms with Gasteiger partial charge >= 0.3 is 6.03 Å². The first-order valence-electron chi connectivity index (χ1n) is 7.74. The summed E-state index contributed by atoms with van der Waals surface area (Å²) < 4.78 is 24.4. The van der Waals surface area contributed by atoms with Crippen LogP contribution in [-0.4, -0.2) is 53.7 Å². The van der Waals surface area contributed by atoms with Gasteiger partial charge in [0.05, 0.1) is 34.8 Å². The van der Waals surface area contributed by atoms with Crippen LogP contribution in [0.15, 0.2) is 36.5 Å². The number of hydrogen-bond donors (Lipinski definition) is 1. The Labute approximate surface area is 140 Å². The van der Waals surface area contributed by atoms with E-state index in [-0.39, 0.29) is 23.0 Å². The second-order valence-corrected chi connectivity index (χ2v) is 8.77. The third kappa shape index (κ3) is 2.47. The number of aromatic nitrogens is 2. The third-order valence-electron chi connectivity index (χ3n) is 4.64. The summed E-state index contributed by atoms with van der Waals surface area (Å²) in [6.07, 6.45) is 1.63. The molecule has 3 heterocycles. The number of benzene rings is 1. The molecule has 4 rings (SSSR count). The average Bonchev–Trinajstić information content (AvgIpc) is 2.84. The molecule has 2 aliphatic heterocycles. The largest absolute Gasteiger partial charge is 0.323 e. The van der Waals surface area contributed by atoms with Gasteiger partial charge in [-0.1, -0.05) is 18.2 Å². The fourth-order valence-corrected chi connectivity index (χ4v) is 5.68. The van der Waals surface area contributed by atoms with Crippen LogP contribution >= 0.6 is 0 Å². The molecule has 2 amide bonds. The van der Waals surface area contributed by atoms with E-state index in [1.807, 2.05) is 37.3 Å². The van der Waals surface area contributed by atoms with Crippen LogP contribution in [0, 0.1) is 12.3 Å². The number of sulfone groups is 1. The van der Waals surface area contributed by atoms with E-state index >= 15 is 0 Å². The molecule has 2 saturated heterocycles. The highest BCUT2D eigenvalue weighted by atomic mass is 32.2. The molecule has 2 aliphatic rings. The summed E-state index contributed by atoms with van der Waals surface area (Å²) in [5, 5.41) is 7.18. The fourth-order valence-electron chi connectivity index (χ4n) is 3.54. The molecule has 0 radical (unpaired) electrons. The molecule has 24 heavy (non-hydrogen) atoms. The van der Waals surface area contributed by atoms with Crippen LogP contribution in [0.1, 0.15) is 5.69 Å². The Hall–Kier alpha value is -2.35. The Morgan fingerprint density at radius 1 is 1.21 bits per heavy atom. The van der Waals surface area contributed by atoms with E-state index in [0.29, 0.717) is 18.8 Å². The minimum Gasteiger partial charge on any atom is -0.323 e. The molecule has 0 unspecified atom stereocenters. The summed E-state index contributed by atoms with van der Waals surface area (Å²) in [5.41, 5.74) is 2.24. The number of hydrogen-bond acceptors (Lipinski definition) is 4.